The maximum atomic E-state index is 12.3. The summed E-state index contributed by atoms with van der Waals surface area (Å²) in [5.74, 6) is 0.679. The fourth-order valence-corrected chi connectivity index (χ4v) is 4.70. The van der Waals surface area contributed by atoms with E-state index in [1.807, 2.05) is 19.2 Å². The Morgan fingerprint density at radius 3 is 2.59 bits per heavy atom. The van der Waals surface area contributed by atoms with E-state index < -0.39 is 0 Å². The molecule has 2 aromatic rings. The van der Waals surface area contributed by atoms with Crippen molar-refractivity contribution >= 4 is 11.6 Å². The quantitative estimate of drug-likeness (QED) is 0.370. The monoisotopic (exact) mass is 498 g/mol. The fourth-order valence-electron chi connectivity index (χ4n) is 4.70. The van der Waals surface area contributed by atoms with E-state index in [0.717, 1.165) is 49.2 Å². The minimum absolute atomic E-state index is 0.0393. The molecule has 0 fully saturated rings. The number of aromatic nitrogens is 3. The second-order valence-electron chi connectivity index (χ2n) is 9.92. The van der Waals surface area contributed by atoms with E-state index in [1.54, 1.807) is 17.7 Å². The fraction of sp³-hybridized carbons (Fsp3) is 0.406. The molecule has 196 valence electrons. The second-order valence-corrected chi connectivity index (χ2v) is 9.92. The smallest absolute Gasteiger partial charge is 0.253 e. The van der Waals surface area contributed by atoms with Crippen LogP contribution in [-0.2, 0) is 20.0 Å². The molecule has 0 aromatic carbocycles. The summed E-state index contributed by atoms with van der Waals surface area (Å²) in [4.78, 5) is 24.2. The van der Waals surface area contributed by atoms with Gasteiger partial charge in [-0.1, -0.05) is 43.7 Å². The van der Waals surface area contributed by atoms with Gasteiger partial charge in [-0.25, -0.2) is 4.98 Å². The van der Waals surface area contributed by atoms with Crippen LogP contribution < -0.4 is 5.56 Å². The van der Waals surface area contributed by atoms with Gasteiger partial charge in [0.2, 0.25) is 0 Å². The van der Waals surface area contributed by atoms with Crippen LogP contribution in [0.5, 0.6) is 0 Å². The van der Waals surface area contributed by atoms with Crippen molar-refractivity contribution < 1.29 is 0 Å². The van der Waals surface area contributed by atoms with Gasteiger partial charge in [-0.3, -0.25) is 14.3 Å². The van der Waals surface area contributed by atoms with Crippen LogP contribution in [0.25, 0.3) is 11.6 Å². The third-order valence-electron chi connectivity index (χ3n) is 6.93. The zero-order valence-electron chi connectivity index (χ0n) is 23.9. The van der Waals surface area contributed by atoms with Crippen LogP contribution in [-0.4, -0.2) is 26.0 Å². The topological polar surface area (TPSA) is 51.0 Å². The molecule has 0 N–H and O–H groups in total. The first kappa shape index (κ1) is 28.1. The molecule has 1 aliphatic heterocycles. The molecular formula is C32H42N4O. The molecule has 0 aliphatic carbocycles. The van der Waals surface area contributed by atoms with Gasteiger partial charge >= 0.3 is 0 Å². The van der Waals surface area contributed by atoms with Crippen LogP contribution in [0.3, 0.4) is 0 Å². The van der Waals surface area contributed by atoms with Gasteiger partial charge in [0, 0.05) is 61.5 Å². The average molecular weight is 499 g/mol. The highest BCUT2D eigenvalue weighted by Gasteiger charge is 2.21. The Morgan fingerprint density at radius 2 is 1.92 bits per heavy atom. The van der Waals surface area contributed by atoms with E-state index in [9.17, 15) is 4.79 Å². The van der Waals surface area contributed by atoms with Crippen molar-refractivity contribution in [2.24, 2.45) is 7.05 Å². The molecule has 0 atom stereocenters. The third kappa shape index (κ3) is 6.85. The van der Waals surface area contributed by atoms with E-state index in [-0.39, 0.29) is 5.56 Å². The summed E-state index contributed by atoms with van der Waals surface area (Å²) < 4.78 is 1.61. The predicted octanol–water partition coefficient (Wildman–Crippen LogP) is 6.95. The Hall–Kier alpha value is -3.47. The summed E-state index contributed by atoms with van der Waals surface area (Å²) in [5.41, 5.74) is 10.4. The van der Waals surface area contributed by atoms with Crippen molar-refractivity contribution in [3.8, 4) is 0 Å². The molecule has 1 aliphatic rings. The summed E-state index contributed by atoms with van der Waals surface area (Å²) in [6, 6.07) is 3.89. The molecule has 3 heterocycles. The lowest BCUT2D eigenvalue weighted by molar-refractivity contribution is 0.324. The summed E-state index contributed by atoms with van der Waals surface area (Å²) in [7, 11) is 1.77. The second kappa shape index (κ2) is 12.7. The summed E-state index contributed by atoms with van der Waals surface area (Å²) in [6.45, 7) is 16.5. The highest BCUT2D eigenvalue weighted by molar-refractivity contribution is 5.78. The van der Waals surface area contributed by atoms with Gasteiger partial charge in [0.15, 0.2) is 0 Å². The van der Waals surface area contributed by atoms with E-state index in [4.69, 9.17) is 4.98 Å². The largest absolute Gasteiger partial charge is 0.367 e. The van der Waals surface area contributed by atoms with Crippen molar-refractivity contribution in [2.45, 2.75) is 74.3 Å². The number of rotatable bonds is 8. The Morgan fingerprint density at radius 1 is 1.16 bits per heavy atom. The van der Waals surface area contributed by atoms with Crippen molar-refractivity contribution in [1.82, 2.24) is 19.4 Å². The van der Waals surface area contributed by atoms with Crippen molar-refractivity contribution in [3.63, 3.8) is 0 Å². The molecule has 0 radical (unpaired) electrons. The lowest BCUT2D eigenvalue weighted by Crippen LogP contribution is -2.31. The molecule has 0 unspecified atom stereocenters. The molecule has 0 spiro atoms. The SMILES string of the molecule is C/C=C\C(C)=C(/C=C(C)CC)c1cnc2c(c1)CN(C(=C\CC)/C(C)=C\c1nc(C)cc(=O)n1C)CC2. The lowest BCUT2D eigenvalue weighted by atomic mass is 9.95. The van der Waals surface area contributed by atoms with E-state index in [0.29, 0.717) is 5.82 Å². The maximum absolute atomic E-state index is 12.3. The van der Waals surface area contributed by atoms with Crippen LogP contribution in [0.1, 0.15) is 82.7 Å². The van der Waals surface area contributed by atoms with E-state index in [1.165, 1.54) is 33.7 Å². The predicted molar refractivity (Wildman–Crippen MR) is 156 cm³/mol. The van der Waals surface area contributed by atoms with Gasteiger partial charge in [0.25, 0.3) is 5.56 Å². The highest BCUT2D eigenvalue weighted by Crippen LogP contribution is 2.29. The van der Waals surface area contributed by atoms with Crippen LogP contribution in [0.15, 0.2) is 69.8 Å². The molecule has 0 saturated carbocycles. The van der Waals surface area contributed by atoms with E-state index >= 15 is 0 Å². The van der Waals surface area contributed by atoms with Crippen LogP contribution in [0.2, 0.25) is 0 Å². The lowest BCUT2D eigenvalue weighted by Gasteiger charge is -2.33. The van der Waals surface area contributed by atoms with Gasteiger partial charge in [0.05, 0.1) is 0 Å². The average Bonchev–Trinajstić information content (AvgIpc) is 2.87. The minimum Gasteiger partial charge on any atom is -0.367 e. The van der Waals surface area contributed by atoms with Gasteiger partial charge in [-0.2, -0.15) is 0 Å². The normalized spacial score (nSPS) is 15.8. The zero-order valence-corrected chi connectivity index (χ0v) is 23.9. The van der Waals surface area contributed by atoms with Gasteiger partial charge in [-0.15, -0.1) is 0 Å². The maximum Gasteiger partial charge on any atom is 0.253 e. The van der Waals surface area contributed by atoms with Gasteiger partial charge in [-0.05, 0) is 81.9 Å². The minimum atomic E-state index is -0.0393. The summed E-state index contributed by atoms with van der Waals surface area (Å²) in [6.07, 6.45) is 15.8. The first-order valence-corrected chi connectivity index (χ1v) is 13.4. The standard InChI is InChI=1S/C32H42N4O/c1-9-12-23(5)28(16-22(4)11-3)26-19-27-21-36(15-14-29(27)33-20-26)30(13-10-2)24(6)17-31-34-25(7)18-32(37)35(31)8/h9,12-13,16-20H,10-11,14-15,21H2,1-8H3/b12-9-,22-16?,24-17-,28-23+,30-13-. The van der Waals surface area contributed by atoms with Crippen molar-refractivity contribution in [1.29, 1.82) is 0 Å². The third-order valence-corrected chi connectivity index (χ3v) is 6.93. The molecule has 0 bridgehead atoms. The number of allylic oxidation sites excluding steroid dienone is 8. The number of hydrogen-bond acceptors (Lipinski definition) is 4. The first-order valence-electron chi connectivity index (χ1n) is 13.4. The number of fused-ring (bicyclic) bond motifs is 1. The Labute approximate surface area is 222 Å². The van der Waals surface area contributed by atoms with E-state index in [2.05, 4.69) is 81.8 Å². The molecule has 3 rings (SSSR count). The highest BCUT2D eigenvalue weighted by atomic mass is 16.1. The Bertz CT molecular complexity index is 1350. The molecular weight excluding hydrogens is 456 g/mol. The number of hydrogen-bond donors (Lipinski definition) is 0. The number of nitrogens with zero attached hydrogens (tertiary/aromatic N) is 4. The molecule has 5 heteroatoms. The molecule has 2 aromatic heterocycles. The van der Waals surface area contributed by atoms with Crippen molar-refractivity contribution in [2.75, 3.05) is 6.54 Å². The molecule has 0 amide bonds. The van der Waals surface area contributed by atoms with Crippen LogP contribution in [0, 0.1) is 6.92 Å². The Balaban J connectivity index is 2.00. The van der Waals surface area contributed by atoms with Gasteiger partial charge < -0.3 is 4.90 Å². The van der Waals surface area contributed by atoms with Crippen LogP contribution in [0.4, 0.5) is 0 Å². The first-order chi connectivity index (χ1) is 17.7. The zero-order chi connectivity index (χ0) is 27.1. The van der Waals surface area contributed by atoms with Gasteiger partial charge in [0.1, 0.15) is 5.82 Å². The number of pyridine rings is 1. The summed E-state index contributed by atoms with van der Waals surface area (Å²) in [5, 5.41) is 0. The van der Waals surface area contributed by atoms with Crippen molar-refractivity contribution in [3.05, 3.63) is 104 Å². The molecule has 0 saturated heterocycles. The Kier molecular flexibility index (Phi) is 9.62. The molecule has 5 nitrogen and oxygen atoms in total. The van der Waals surface area contributed by atoms with Crippen LogP contribution >= 0.6 is 0 Å². The summed E-state index contributed by atoms with van der Waals surface area (Å²) >= 11 is 0. The number of aryl methyl sites for hydroxylation is 1. The molecule has 37 heavy (non-hydrogen) atoms.